The van der Waals surface area contributed by atoms with E-state index in [1.807, 2.05) is 0 Å². The van der Waals surface area contributed by atoms with E-state index in [4.69, 9.17) is 21.7 Å². The molecule has 1 aliphatic rings. The quantitative estimate of drug-likeness (QED) is 0.456. The van der Waals surface area contributed by atoms with Gasteiger partial charge in [-0.1, -0.05) is 40.5 Å². The Kier molecular flexibility index (Phi) is 9.01. The highest BCUT2D eigenvalue weighted by Gasteiger charge is 2.27. The fourth-order valence-electron chi connectivity index (χ4n) is 3.51. The lowest BCUT2D eigenvalue weighted by Gasteiger charge is -2.35. The number of ether oxygens (including phenoxy) is 2. The van der Waals surface area contributed by atoms with E-state index < -0.39 is 0 Å². The Balaban J connectivity index is 1.87. The van der Waals surface area contributed by atoms with Crippen molar-refractivity contribution in [2.75, 3.05) is 13.7 Å². The third-order valence-corrected chi connectivity index (χ3v) is 5.91. The van der Waals surface area contributed by atoms with Crippen LogP contribution in [0.3, 0.4) is 0 Å². The fraction of sp³-hybridized carbons (Fsp3) is 0.636. The number of nitrogens with one attached hydrogen (secondary N) is 3. The van der Waals surface area contributed by atoms with Gasteiger partial charge < -0.3 is 14.8 Å². The van der Waals surface area contributed by atoms with Crippen molar-refractivity contribution in [3.05, 3.63) is 23.8 Å². The number of rotatable bonds is 7. The van der Waals surface area contributed by atoms with E-state index >= 15 is 0 Å². The van der Waals surface area contributed by atoms with Crippen LogP contribution in [0, 0.1) is 17.8 Å². The Morgan fingerprint density at radius 2 is 1.97 bits per heavy atom. The van der Waals surface area contributed by atoms with Gasteiger partial charge in [-0.05, 0) is 61.0 Å². The SMILES string of the molecule is COc1cc(C(=O)NNC(=S)N[C@@H]2CCC[C@H](C)[C@H]2C)ccc1OCCC(C)C. The summed E-state index contributed by atoms with van der Waals surface area (Å²) in [6.45, 7) is 9.44. The monoisotopic (exact) mass is 421 g/mol. The molecule has 0 spiro atoms. The average Bonchev–Trinajstić information content (AvgIpc) is 2.69. The third-order valence-electron chi connectivity index (χ3n) is 5.69. The molecule has 0 heterocycles. The molecule has 29 heavy (non-hydrogen) atoms. The number of hydrogen-bond donors (Lipinski definition) is 3. The van der Waals surface area contributed by atoms with Crippen LogP contribution in [-0.2, 0) is 0 Å². The van der Waals surface area contributed by atoms with Gasteiger partial charge in [-0.3, -0.25) is 15.6 Å². The summed E-state index contributed by atoms with van der Waals surface area (Å²) >= 11 is 5.35. The number of carbonyl (C=O) groups is 1. The van der Waals surface area contributed by atoms with E-state index in [-0.39, 0.29) is 5.91 Å². The number of thiocarbonyl (C=S) groups is 1. The summed E-state index contributed by atoms with van der Waals surface area (Å²) < 4.78 is 11.1. The Hall–Kier alpha value is -2.02. The van der Waals surface area contributed by atoms with Crippen LogP contribution in [0.5, 0.6) is 11.5 Å². The van der Waals surface area contributed by atoms with Crippen molar-refractivity contribution in [2.45, 2.75) is 59.4 Å². The van der Waals surface area contributed by atoms with Gasteiger partial charge in [-0.15, -0.1) is 0 Å². The van der Waals surface area contributed by atoms with Crippen molar-refractivity contribution in [1.82, 2.24) is 16.2 Å². The van der Waals surface area contributed by atoms with E-state index in [0.717, 1.165) is 12.8 Å². The zero-order valence-corrected chi connectivity index (χ0v) is 19.0. The topological polar surface area (TPSA) is 71.6 Å². The molecule has 0 aromatic heterocycles. The third kappa shape index (κ3) is 7.07. The number of methoxy groups -OCH3 is 1. The highest BCUT2D eigenvalue weighted by atomic mass is 32.1. The molecule has 1 amide bonds. The Bertz CT molecular complexity index is 696. The summed E-state index contributed by atoms with van der Waals surface area (Å²) in [6, 6.07) is 5.47. The molecule has 1 aromatic rings. The van der Waals surface area contributed by atoms with E-state index in [1.165, 1.54) is 12.8 Å². The molecule has 1 fully saturated rings. The molecule has 3 atom stereocenters. The van der Waals surface area contributed by atoms with Gasteiger partial charge >= 0.3 is 0 Å². The van der Waals surface area contributed by atoms with Gasteiger partial charge in [0.05, 0.1) is 13.7 Å². The minimum Gasteiger partial charge on any atom is -0.493 e. The van der Waals surface area contributed by atoms with Gasteiger partial charge in [-0.2, -0.15) is 0 Å². The first-order valence-electron chi connectivity index (χ1n) is 10.5. The van der Waals surface area contributed by atoms with E-state index in [0.29, 0.717) is 52.6 Å². The first-order valence-corrected chi connectivity index (χ1v) is 10.9. The predicted octanol–water partition coefficient (Wildman–Crippen LogP) is 4.05. The van der Waals surface area contributed by atoms with Crippen LogP contribution < -0.4 is 25.6 Å². The lowest BCUT2D eigenvalue weighted by atomic mass is 9.78. The molecule has 1 aromatic carbocycles. The summed E-state index contributed by atoms with van der Waals surface area (Å²) in [5, 5.41) is 3.77. The minimum atomic E-state index is -0.286. The van der Waals surface area contributed by atoms with Crippen LogP contribution in [-0.4, -0.2) is 30.8 Å². The molecule has 0 unspecified atom stereocenters. The highest BCUT2D eigenvalue weighted by Crippen LogP contribution is 2.30. The summed E-state index contributed by atoms with van der Waals surface area (Å²) in [5.41, 5.74) is 5.93. The summed E-state index contributed by atoms with van der Waals surface area (Å²) in [4.78, 5) is 12.5. The molecule has 7 heteroatoms. The maximum absolute atomic E-state index is 12.5. The zero-order chi connectivity index (χ0) is 21.4. The van der Waals surface area contributed by atoms with E-state index in [2.05, 4.69) is 43.9 Å². The van der Waals surface area contributed by atoms with Crippen LogP contribution >= 0.6 is 12.2 Å². The molecule has 0 aliphatic heterocycles. The lowest BCUT2D eigenvalue weighted by molar-refractivity contribution is 0.0942. The first kappa shape index (κ1) is 23.3. The second kappa shape index (κ2) is 11.2. The van der Waals surface area contributed by atoms with Crippen molar-refractivity contribution in [3.8, 4) is 11.5 Å². The Morgan fingerprint density at radius 1 is 1.21 bits per heavy atom. The van der Waals surface area contributed by atoms with Gasteiger partial charge in [-0.25, -0.2) is 0 Å². The summed E-state index contributed by atoms with van der Waals surface area (Å²) in [6.07, 6.45) is 4.51. The van der Waals surface area contributed by atoms with Crippen molar-refractivity contribution in [1.29, 1.82) is 0 Å². The lowest BCUT2D eigenvalue weighted by Crippen LogP contribution is -2.52. The molecule has 0 bridgehead atoms. The van der Waals surface area contributed by atoms with Gasteiger partial charge in [0, 0.05) is 11.6 Å². The zero-order valence-electron chi connectivity index (χ0n) is 18.2. The molecule has 0 radical (unpaired) electrons. The number of benzene rings is 1. The summed E-state index contributed by atoms with van der Waals surface area (Å²) in [5.74, 6) is 2.67. The number of hydrazine groups is 1. The highest BCUT2D eigenvalue weighted by molar-refractivity contribution is 7.80. The smallest absolute Gasteiger partial charge is 0.269 e. The predicted molar refractivity (Wildman–Crippen MR) is 120 cm³/mol. The molecule has 1 aliphatic carbocycles. The molecule has 3 N–H and O–H groups in total. The second-order valence-electron chi connectivity index (χ2n) is 8.32. The number of hydrogen-bond acceptors (Lipinski definition) is 4. The normalized spacial score (nSPS) is 21.4. The van der Waals surface area contributed by atoms with Crippen LogP contribution in [0.4, 0.5) is 0 Å². The van der Waals surface area contributed by atoms with Crippen molar-refractivity contribution in [3.63, 3.8) is 0 Å². The second-order valence-corrected chi connectivity index (χ2v) is 8.73. The number of carbonyl (C=O) groups excluding carboxylic acids is 1. The van der Waals surface area contributed by atoms with Gasteiger partial charge in [0.25, 0.3) is 5.91 Å². The van der Waals surface area contributed by atoms with Crippen molar-refractivity contribution >= 4 is 23.2 Å². The van der Waals surface area contributed by atoms with Crippen molar-refractivity contribution < 1.29 is 14.3 Å². The van der Waals surface area contributed by atoms with E-state index in [9.17, 15) is 4.79 Å². The first-order chi connectivity index (χ1) is 13.8. The van der Waals surface area contributed by atoms with Crippen LogP contribution in [0.2, 0.25) is 0 Å². The minimum absolute atomic E-state index is 0.286. The molecular weight excluding hydrogens is 386 g/mol. The maximum atomic E-state index is 12.5. The molecule has 162 valence electrons. The number of amides is 1. The van der Waals surface area contributed by atoms with Crippen molar-refractivity contribution in [2.24, 2.45) is 17.8 Å². The maximum Gasteiger partial charge on any atom is 0.269 e. The van der Waals surface area contributed by atoms with Gasteiger partial charge in [0.2, 0.25) is 0 Å². The van der Waals surface area contributed by atoms with Crippen LogP contribution in [0.1, 0.15) is 63.7 Å². The Morgan fingerprint density at radius 3 is 2.66 bits per heavy atom. The largest absolute Gasteiger partial charge is 0.493 e. The molecular formula is C22H35N3O3S. The van der Waals surface area contributed by atoms with Gasteiger partial charge in [0.1, 0.15) is 0 Å². The Labute approximate surface area is 180 Å². The van der Waals surface area contributed by atoms with Gasteiger partial charge in [0.15, 0.2) is 16.6 Å². The summed E-state index contributed by atoms with van der Waals surface area (Å²) in [7, 11) is 1.57. The molecule has 0 saturated heterocycles. The molecule has 1 saturated carbocycles. The molecule has 2 rings (SSSR count). The van der Waals surface area contributed by atoms with Crippen LogP contribution in [0.25, 0.3) is 0 Å². The fourth-order valence-corrected chi connectivity index (χ4v) is 3.71. The van der Waals surface area contributed by atoms with E-state index in [1.54, 1.807) is 25.3 Å². The standard InChI is InChI=1S/C22H35N3O3S/c1-14(2)11-12-28-19-10-9-17(13-20(19)27-5)21(26)24-25-22(29)23-18-8-6-7-15(3)16(18)4/h9-10,13-16,18H,6-8,11-12H2,1-5H3,(H,24,26)(H2,23,25,29)/t15-,16+,18+/m0/s1. The molecule has 6 nitrogen and oxygen atoms in total. The average molecular weight is 422 g/mol. The van der Waals surface area contributed by atoms with Crippen LogP contribution in [0.15, 0.2) is 18.2 Å².